The molecule has 1 aromatic heterocycles. The van der Waals surface area contributed by atoms with Gasteiger partial charge in [0.25, 0.3) is 0 Å². The van der Waals surface area contributed by atoms with Gasteiger partial charge in [-0.1, -0.05) is 11.6 Å². The van der Waals surface area contributed by atoms with Gasteiger partial charge in [-0.05, 0) is 31.5 Å². The summed E-state index contributed by atoms with van der Waals surface area (Å²) in [4.78, 5) is 4.61. The number of hydrogen-bond donors (Lipinski definition) is 0. The predicted octanol–water partition coefficient (Wildman–Crippen LogP) is 3.95. The number of fused-ring (bicyclic) bond motifs is 1. The van der Waals surface area contributed by atoms with E-state index in [1.54, 1.807) is 0 Å². The van der Waals surface area contributed by atoms with Gasteiger partial charge in [-0.15, -0.1) is 11.6 Å². The summed E-state index contributed by atoms with van der Waals surface area (Å²) in [6, 6.07) is 6.10. The molecule has 0 bridgehead atoms. The third kappa shape index (κ3) is 2.00. The molecular weight excluding hydrogens is 271 g/mol. The van der Waals surface area contributed by atoms with Crippen molar-refractivity contribution >= 4 is 34.2 Å². The summed E-state index contributed by atoms with van der Waals surface area (Å²) in [5.74, 6) is 0.893. The molecule has 0 aliphatic carbocycles. The van der Waals surface area contributed by atoms with E-state index in [4.69, 9.17) is 27.9 Å². The van der Waals surface area contributed by atoms with Crippen LogP contribution in [0.3, 0.4) is 0 Å². The van der Waals surface area contributed by atoms with E-state index in [0.29, 0.717) is 11.1 Å². The van der Waals surface area contributed by atoms with Crippen LogP contribution >= 0.6 is 23.2 Å². The first-order valence-electron chi connectivity index (χ1n) is 6.06. The number of aromatic nitrogens is 2. The monoisotopic (exact) mass is 284 g/mol. The smallest absolute Gasteiger partial charge is 0.128 e. The average Bonchev–Trinajstić information content (AvgIpc) is 2.92. The molecule has 1 aliphatic rings. The Bertz CT molecular complexity index is 574. The van der Waals surface area contributed by atoms with Crippen LogP contribution in [0.2, 0.25) is 5.02 Å². The first kappa shape index (κ1) is 12.3. The summed E-state index contributed by atoms with van der Waals surface area (Å²) < 4.78 is 7.68. The Kier molecular flexibility index (Phi) is 3.22. The number of rotatable bonds is 2. The van der Waals surface area contributed by atoms with Crippen LogP contribution in [0.5, 0.6) is 0 Å². The standard InChI is InChI=1S/C13H14Cl2N2O/c1-8(14)13-16-11-6-9(15)2-3-12(11)17(13)10-4-5-18-7-10/h2-3,6,8,10H,4-5,7H2,1H3. The Morgan fingerprint density at radius 2 is 2.33 bits per heavy atom. The predicted molar refractivity (Wildman–Crippen MR) is 73.5 cm³/mol. The molecule has 2 aromatic rings. The van der Waals surface area contributed by atoms with Crippen LogP contribution in [0.1, 0.15) is 30.6 Å². The van der Waals surface area contributed by atoms with E-state index < -0.39 is 0 Å². The number of hydrogen-bond acceptors (Lipinski definition) is 2. The molecule has 0 amide bonds. The topological polar surface area (TPSA) is 27.1 Å². The third-order valence-corrected chi connectivity index (χ3v) is 3.74. The van der Waals surface area contributed by atoms with E-state index in [0.717, 1.165) is 36.5 Å². The van der Waals surface area contributed by atoms with Crippen LogP contribution in [0, 0.1) is 0 Å². The highest BCUT2D eigenvalue weighted by Gasteiger charge is 2.24. The van der Waals surface area contributed by atoms with Crippen LogP contribution in [0.4, 0.5) is 0 Å². The van der Waals surface area contributed by atoms with Crippen molar-refractivity contribution in [1.82, 2.24) is 9.55 Å². The summed E-state index contributed by atoms with van der Waals surface area (Å²) >= 11 is 12.3. The van der Waals surface area contributed by atoms with Crippen molar-refractivity contribution in [1.29, 1.82) is 0 Å². The van der Waals surface area contributed by atoms with Crippen LogP contribution in [0.25, 0.3) is 11.0 Å². The minimum absolute atomic E-state index is 0.128. The minimum atomic E-state index is -0.128. The molecule has 2 heterocycles. The van der Waals surface area contributed by atoms with Crippen molar-refractivity contribution in [2.75, 3.05) is 13.2 Å². The molecule has 1 aromatic carbocycles. The van der Waals surface area contributed by atoms with Gasteiger partial charge in [-0.3, -0.25) is 0 Å². The lowest BCUT2D eigenvalue weighted by molar-refractivity contribution is 0.186. The lowest BCUT2D eigenvalue weighted by atomic mass is 10.2. The van der Waals surface area contributed by atoms with Gasteiger partial charge in [0.15, 0.2) is 0 Å². The zero-order valence-electron chi connectivity index (χ0n) is 10.1. The van der Waals surface area contributed by atoms with Crippen molar-refractivity contribution in [2.45, 2.75) is 24.8 Å². The van der Waals surface area contributed by atoms with Gasteiger partial charge in [-0.2, -0.15) is 0 Å². The van der Waals surface area contributed by atoms with E-state index in [1.165, 1.54) is 0 Å². The number of ether oxygens (including phenoxy) is 1. The molecule has 18 heavy (non-hydrogen) atoms. The second-order valence-electron chi connectivity index (χ2n) is 4.61. The number of halogens is 2. The van der Waals surface area contributed by atoms with E-state index >= 15 is 0 Å². The Morgan fingerprint density at radius 3 is 3.00 bits per heavy atom. The number of alkyl halides is 1. The maximum Gasteiger partial charge on any atom is 0.128 e. The van der Waals surface area contributed by atoms with Gasteiger partial charge in [0.2, 0.25) is 0 Å². The van der Waals surface area contributed by atoms with Gasteiger partial charge in [-0.25, -0.2) is 4.98 Å². The average molecular weight is 285 g/mol. The van der Waals surface area contributed by atoms with Gasteiger partial charge in [0.1, 0.15) is 5.82 Å². The molecule has 5 heteroatoms. The van der Waals surface area contributed by atoms with Crippen LogP contribution in [-0.4, -0.2) is 22.8 Å². The Hall–Kier alpha value is -0.770. The number of imidazole rings is 1. The van der Waals surface area contributed by atoms with Gasteiger partial charge < -0.3 is 9.30 Å². The Morgan fingerprint density at radius 1 is 1.50 bits per heavy atom. The largest absolute Gasteiger partial charge is 0.379 e. The fraction of sp³-hybridized carbons (Fsp3) is 0.462. The Labute approximate surface area is 116 Å². The highest BCUT2D eigenvalue weighted by molar-refractivity contribution is 6.31. The number of benzene rings is 1. The fourth-order valence-corrected chi connectivity index (χ4v) is 2.80. The second kappa shape index (κ2) is 4.72. The normalized spacial score (nSPS) is 21.6. The zero-order chi connectivity index (χ0) is 12.7. The molecule has 2 atom stereocenters. The van der Waals surface area contributed by atoms with Gasteiger partial charge in [0.05, 0.1) is 29.1 Å². The van der Waals surface area contributed by atoms with Gasteiger partial charge in [0, 0.05) is 11.6 Å². The van der Waals surface area contributed by atoms with Crippen molar-refractivity contribution < 1.29 is 4.74 Å². The van der Waals surface area contributed by atoms with E-state index in [-0.39, 0.29) is 5.38 Å². The second-order valence-corrected chi connectivity index (χ2v) is 5.70. The van der Waals surface area contributed by atoms with E-state index in [2.05, 4.69) is 9.55 Å². The van der Waals surface area contributed by atoms with Crippen LogP contribution in [-0.2, 0) is 4.74 Å². The van der Waals surface area contributed by atoms with Gasteiger partial charge >= 0.3 is 0 Å². The van der Waals surface area contributed by atoms with E-state index in [9.17, 15) is 0 Å². The van der Waals surface area contributed by atoms with Crippen LogP contribution in [0.15, 0.2) is 18.2 Å². The van der Waals surface area contributed by atoms with Crippen molar-refractivity contribution in [3.8, 4) is 0 Å². The molecule has 0 N–H and O–H groups in total. The van der Waals surface area contributed by atoms with Crippen molar-refractivity contribution in [3.63, 3.8) is 0 Å². The van der Waals surface area contributed by atoms with Crippen LogP contribution < -0.4 is 0 Å². The summed E-state index contributed by atoms with van der Waals surface area (Å²) in [7, 11) is 0. The summed E-state index contributed by atoms with van der Waals surface area (Å²) in [6.45, 7) is 3.47. The lowest BCUT2D eigenvalue weighted by Gasteiger charge is -2.16. The quantitative estimate of drug-likeness (QED) is 0.781. The molecule has 1 saturated heterocycles. The molecule has 0 saturated carbocycles. The maximum atomic E-state index is 6.24. The Balaban J connectivity index is 2.21. The zero-order valence-corrected chi connectivity index (χ0v) is 11.6. The fourth-order valence-electron chi connectivity index (χ4n) is 2.48. The summed E-state index contributed by atoms with van der Waals surface area (Å²) in [6.07, 6.45) is 1.00. The molecule has 1 fully saturated rings. The summed E-state index contributed by atoms with van der Waals surface area (Å²) in [5.41, 5.74) is 1.98. The SMILES string of the molecule is CC(Cl)c1nc2cc(Cl)ccc2n1C1CCOC1. The highest BCUT2D eigenvalue weighted by Crippen LogP contribution is 2.32. The molecule has 0 radical (unpaired) electrons. The number of nitrogens with zero attached hydrogens (tertiary/aromatic N) is 2. The molecule has 2 unspecified atom stereocenters. The molecule has 0 spiro atoms. The molecular formula is C13H14Cl2N2O. The first-order valence-corrected chi connectivity index (χ1v) is 6.87. The molecule has 3 rings (SSSR count). The highest BCUT2D eigenvalue weighted by atomic mass is 35.5. The maximum absolute atomic E-state index is 6.24. The molecule has 1 aliphatic heterocycles. The minimum Gasteiger partial charge on any atom is -0.379 e. The molecule has 96 valence electrons. The first-order chi connectivity index (χ1) is 8.66. The van der Waals surface area contributed by atoms with E-state index in [1.807, 2.05) is 25.1 Å². The molecule has 3 nitrogen and oxygen atoms in total. The summed E-state index contributed by atoms with van der Waals surface area (Å²) in [5, 5.41) is 0.570. The van der Waals surface area contributed by atoms with Crippen molar-refractivity contribution in [3.05, 3.63) is 29.0 Å². The third-order valence-electron chi connectivity index (χ3n) is 3.31. The lowest BCUT2D eigenvalue weighted by Crippen LogP contribution is -2.12. The van der Waals surface area contributed by atoms with Crippen molar-refractivity contribution in [2.24, 2.45) is 0 Å².